The van der Waals surface area contributed by atoms with Gasteiger partial charge in [-0.3, -0.25) is 0 Å². The maximum atomic E-state index is 13.9. The zero-order chi connectivity index (χ0) is 18.8. The lowest BCUT2D eigenvalue weighted by molar-refractivity contribution is -0.278. The molecule has 1 aromatic rings. The van der Waals surface area contributed by atoms with Gasteiger partial charge in [-0.2, -0.15) is 8.78 Å². The number of likely N-dealkylation sites (N-methyl/N-ethyl adjacent to an activating group) is 1. The molecule has 136 valence electrons. The highest BCUT2D eigenvalue weighted by Gasteiger charge is 2.66. The van der Waals surface area contributed by atoms with Crippen LogP contribution in [0.5, 0.6) is 5.75 Å². The van der Waals surface area contributed by atoms with E-state index >= 15 is 0 Å². The summed E-state index contributed by atoms with van der Waals surface area (Å²) in [5.41, 5.74) is -3.54. The van der Waals surface area contributed by atoms with Crippen molar-refractivity contribution >= 4 is 14.2 Å². The number of amides is 1. The predicted molar refractivity (Wildman–Crippen MR) is 84.7 cm³/mol. The van der Waals surface area contributed by atoms with Gasteiger partial charge in [0.2, 0.25) is 0 Å². The molecule has 1 amide bonds. The Labute approximate surface area is 139 Å². The minimum absolute atomic E-state index is 0.222. The van der Waals surface area contributed by atoms with Crippen LogP contribution in [0.3, 0.4) is 0 Å². The van der Waals surface area contributed by atoms with Crippen LogP contribution in [-0.2, 0) is 6.42 Å². The number of halogens is 4. The second kappa shape index (κ2) is 7.00. The van der Waals surface area contributed by atoms with E-state index in [2.05, 4.69) is 4.74 Å². The van der Waals surface area contributed by atoms with Gasteiger partial charge < -0.3 is 14.7 Å². The summed E-state index contributed by atoms with van der Waals surface area (Å²) in [5, 5.41) is 8.73. The first-order valence-electron chi connectivity index (χ1n) is 7.25. The highest BCUT2D eigenvalue weighted by molar-refractivity contribution is 6.78. The molecular formula is C15H21F4NO3Si. The summed E-state index contributed by atoms with van der Waals surface area (Å²) < 4.78 is 59.7. The summed E-state index contributed by atoms with van der Waals surface area (Å²) in [6.45, 7) is 3.66. The van der Waals surface area contributed by atoms with Crippen molar-refractivity contribution in [1.29, 1.82) is 0 Å². The molecule has 4 nitrogen and oxygen atoms in total. The summed E-state index contributed by atoms with van der Waals surface area (Å²) in [7, 11) is -2.09. The lowest BCUT2D eigenvalue weighted by atomic mass is 10.1. The van der Waals surface area contributed by atoms with Crippen molar-refractivity contribution in [2.24, 2.45) is 0 Å². The average molecular weight is 367 g/mol. The van der Waals surface area contributed by atoms with Crippen molar-refractivity contribution in [3.8, 4) is 5.75 Å². The Hall–Kier alpha value is -1.77. The third-order valence-corrected chi connectivity index (χ3v) is 5.71. The highest BCUT2D eigenvalue weighted by atomic mass is 28.3. The van der Waals surface area contributed by atoms with E-state index in [1.54, 1.807) is 0 Å². The maximum absolute atomic E-state index is 13.9. The van der Waals surface area contributed by atoms with Gasteiger partial charge in [-0.25, -0.2) is 13.6 Å². The topological polar surface area (TPSA) is 49.8 Å². The van der Waals surface area contributed by atoms with Crippen molar-refractivity contribution in [3.05, 3.63) is 29.8 Å². The van der Waals surface area contributed by atoms with Gasteiger partial charge in [0.25, 0.3) is 0 Å². The number of rotatable bonds is 7. The number of ether oxygens (including phenoxy) is 1. The van der Waals surface area contributed by atoms with Crippen molar-refractivity contribution in [1.82, 2.24) is 4.90 Å². The van der Waals surface area contributed by atoms with E-state index in [-0.39, 0.29) is 12.3 Å². The van der Waals surface area contributed by atoms with Gasteiger partial charge in [-0.1, -0.05) is 31.8 Å². The summed E-state index contributed by atoms with van der Waals surface area (Å²) >= 11 is 0. The van der Waals surface area contributed by atoms with Crippen LogP contribution in [0.15, 0.2) is 24.3 Å². The lowest BCUT2D eigenvalue weighted by Gasteiger charge is -2.34. The molecule has 9 heteroatoms. The Bertz CT molecular complexity index is 573. The second-order valence-corrected chi connectivity index (χ2v) is 11.7. The first-order valence-corrected chi connectivity index (χ1v) is 10.8. The van der Waals surface area contributed by atoms with Crippen molar-refractivity contribution in [2.75, 3.05) is 13.6 Å². The molecule has 0 aliphatic heterocycles. The van der Waals surface area contributed by atoms with Gasteiger partial charge in [-0.15, -0.1) is 0 Å². The van der Waals surface area contributed by atoms with E-state index in [0.717, 1.165) is 24.5 Å². The largest absolute Gasteiger partial charge is 0.465 e. The molecule has 0 aliphatic carbocycles. The zero-order valence-corrected chi connectivity index (χ0v) is 14.9. The van der Waals surface area contributed by atoms with E-state index in [1.807, 2.05) is 0 Å². The van der Waals surface area contributed by atoms with Crippen LogP contribution in [-0.4, -0.2) is 49.4 Å². The molecule has 0 aromatic heterocycles. The molecule has 0 spiro atoms. The maximum Gasteiger partial charge on any atom is 0.459 e. The van der Waals surface area contributed by atoms with E-state index in [9.17, 15) is 22.4 Å². The van der Waals surface area contributed by atoms with Crippen LogP contribution in [0.25, 0.3) is 0 Å². The number of hydrogen-bond acceptors (Lipinski definition) is 2. The molecule has 0 radical (unpaired) electrons. The van der Waals surface area contributed by atoms with Gasteiger partial charge in [0.1, 0.15) is 13.8 Å². The van der Waals surface area contributed by atoms with Gasteiger partial charge in [-0.05, 0) is 24.1 Å². The zero-order valence-electron chi connectivity index (χ0n) is 13.9. The Morgan fingerprint density at radius 3 is 2.08 bits per heavy atom. The smallest absolute Gasteiger partial charge is 0.459 e. The molecule has 0 saturated heterocycles. The van der Waals surface area contributed by atoms with Crippen LogP contribution in [0.2, 0.25) is 19.6 Å². The monoisotopic (exact) mass is 367 g/mol. The van der Waals surface area contributed by atoms with Crippen molar-refractivity contribution in [2.45, 2.75) is 37.7 Å². The molecule has 0 bridgehead atoms. The Kier molecular flexibility index (Phi) is 5.91. The van der Waals surface area contributed by atoms with Gasteiger partial charge in [0.15, 0.2) is 0 Å². The molecule has 1 aromatic carbocycles. The Balaban J connectivity index is 2.78. The number of alkyl halides is 4. The predicted octanol–water partition coefficient (Wildman–Crippen LogP) is 4.32. The fourth-order valence-corrected chi connectivity index (χ4v) is 2.69. The molecule has 1 rings (SSSR count). The third kappa shape index (κ3) is 4.62. The van der Waals surface area contributed by atoms with E-state index in [1.165, 1.54) is 31.3 Å². The van der Waals surface area contributed by atoms with Crippen LogP contribution in [0.1, 0.15) is 5.56 Å². The fraction of sp³-hybridized carbons (Fsp3) is 0.533. The standard InChI is InChI=1S/C15H21F4NO3Si/c1-20(13(21)22)10-9-11-5-7-12(8-6-11)23-14(16,17)15(18,19)24(2,3)4/h5-8H,9-10H2,1-4H3,(H,21,22). The second-order valence-electron chi connectivity index (χ2n) is 6.54. The van der Waals surface area contributed by atoms with Crippen LogP contribution < -0.4 is 4.74 Å². The molecule has 0 unspecified atom stereocenters. The number of carbonyl (C=O) groups is 1. The molecular weight excluding hydrogens is 346 g/mol. The van der Waals surface area contributed by atoms with Crippen LogP contribution >= 0.6 is 0 Å². The van der Waals surface area contributed by atoms with Crippen molar-refractivity contribution in [3.63, 3.8) is 0 Å². The summed E-state index contributed by atoms with van der Waals surface area (Å²) in [6, 6.07) is 5.22. The van der Waals surface area contributed by atoms with E-state index in [0.29, 0.717) is 12.0 Å². The number of benzene rings is 1. The normalized spacial score (nSPS) is 12.8. The number of hydrogen-bond donors (Lipinski definition) is 1. The van der Waals surface area contributed by atoms with Gasteiger partial charge in [0.05, 0.1) is 0 Å². The third-order valence-electron chi connectivity index (χ3n) is 3.54. The molecule has 24 heavy (non-hydrogen) atoms. The van der Waals surface area contributed by atoms with E-state index < -0.39 is 25.8 Å². The highest BCUT2D eigenvalue weighted by Crippen LogP contribution is 2.42. The molecule has 0 atom stereocenters. The molecule has 0 heterocycles. The van der Waals surface area contributed by atoms with Gasteiger partial charge >= 0.3 is 17.7 Å². The lowest BCUT2D eigenvalue weighted by Crippen LogP contribution is -2.59. The van der Waals surface area contributed by atoms with Crippen LogP contribution in [0.4, 0.5) is 22.4 Å². The SMILES string of the molecule is CN(CCc1ccc(OC(F)(F)C(F)(F)[Si](C)(C)C)cc1)C(=O)O. The van der Waals surface area contributed by atoms with Gasteiger partial charge in [0, 0.05) is 13.6 Å². The fourth-order valence-electron chi connectivity index (χ4n) is 1.77. The first kappa shape index (κ1) is 20.3. The van der Waals surface area contributed by atoms with Crippen LogP contribution in [0, 0.1) is 0 Å². The molecule has 0 saturated carbocycles. The number of carboxylic acid groups (broad SMARTS) is 1. The molecule has 1 N–H and O–H groups in total. The van der Waals surface area contributed by atoms with E-state index in [4.69, 9.17) is 5.11 Å². The molecule has 0 fully saturated rings. The minimum Gasteiger partial charge on any atom is -0.465 e. The summed E-state index contributed by atoms with van der Waals surface area (Å²) in [5.74, 6) is -0.367. The Morgan fingerprint density at radius 2 is 1.67 bits per heavy atom. The minimum atomic E-state index is -4.59. The van der Waals surface area contributed by atoms with Crippen molar-refractivity contribution < 1.29 is 32.2 Å². The number of nitrogens with zero attached hydrogens (tertiary/aromatic N) is 1. The molecule has 0 aliphatic rings. The Morgan fingerprint density at radius 1 is 1.17 bits per heavy atom. The average Bonchev–Trinajstić information content (AvgIpc) is 2.44. The quantitative estimate of drug-likeness (QED) is 0.577. The summed E-state index contributed by atoms with van der Waals surface area (Å²) in [6.07, 6.45) is -5.31. The first-order chi connectivity index (χ1) is 10.8. The summed E-state index contributed by atoms with van der Waals surface area (Å²) in [4.78, 5) is 11.7.